The Labute approximate surface area is 227 Å². The van der Waals surface area contributed by atoms with Crippen molar-refractivity contribution in [3.63, 3.8) is 0 Å². The van der Waals surface area contributed by atoms with Crippen LogP contribution in [-0.2, 0) is 15.7 Å². The number of carbonyl (C=O) groups excluding carboxylic acids is 2. The molecule has 2 aromatic carbocycles. The minimum atomic E-state index is -4.55. The molecule has 2 aliphatic rings. The zero-order valence-electron chi connectivity index (χ0n) is 22.5. The van der Waals surface area contributed by atoms with Crippen molar-refractivity contribution in [2.45, 2.75) is 57.5 Å². The van der Waals surface area contributed by atoms with E-state index in [1.54, 1.807) is 0 Å². The number of aryl methyl sites for hydroxylation is 1. The number of nitrogens with zero attached hydrogens (tertiary/aromatic N) is 2. The molecule has 2 N–H and O–H groups in total. The summed E-state index contributed by atoms with van der Waals surface area (Å²) in [5.74, 6) is -1.13. The zero-order chi connectivity index (χ0) is 28.0. The van der Waals surface area contributed by atoms with Gasteiger partial charge in [-0.15, -0.1) is 0 Å². The molecule has 212 valence electrons. The first kappa shape index (κ1) is 28.9. The van der Waals surface area contributed by atoms with Crippen LogP contribution < -0.4 is 15.5 Å². The lowest BCUT2D eigenvalue weighted by Gasteiger charge is -2.38. The van der Waals surface area contributed by atoms with Crippen molar-refractivity contribution in [2.24, 2.45) is 0 Å². The van der Waals surface area contributed by atoms with E-state index in [4.69, 9.17) is 4.74 Å². The first-order valence-electron chi connectivity index (χ1n) is 13.6. The van der Waals surface area contributed by atoms with Gasteiger partial charge in [-0.3, -0.25) is 14.5 Å². The Morgan fingerprint density at radius 1 is 1.05 bits per heavy atom. The summed E-state index contributed by atoms with van der Waals surface area (Å²) in [5.41, 5.74) is 1.43. The zero-order valence-corrected chi connectivity index (χ0v) is 22.5. The van der Waals surface area contributed by atoms with Crippen molar-refractivity contribution in [3.8, 4) is 0 Å². The van der Waals surface area contributed by atoms with Gasteiger partial charge >= 0.3 is 6.18 Å². The second-order valence-electron chi connectivity index (χ2n) is 10.4. The van der Waals surface area contributed by atoms with Gasteiger partial charge in [-0.05, 0) is 62.1 Å². The lowest BCUT2D eigenvalue weighted by atomic mass is 10.0. The largest absolute Gasteiger partial charge is 0.416 e. The van der Waals surface area contributed by atoms with Crippen molar-refractivity contribution in [1.29, 1.82) is 0 Å². The van der Waals surface area contributed by atoms with Crippen molar-refractivity contribution < 1.29 is 27.5 Å². The van der Waals surface area contributed by atoms with Crippen molar-refractivity contribution in [2.75, 3.05) is 44.2 Å². The molecule has 2 aromatic rings. The highest BCUT2D eigenvalue weighted by Crippen LogP contribution is 2.30. The average Bonchev–Trinajstić information content (AvgIpc) is 3.32. The number of hydrogen-bond acceptors (Lipinski definition) is 5. The minimum Gasteiger partial charge on any atom is -0.375 e. The minimum absolute atomic E-state index is 0.147. The third-order valence-electron chi connectivity index (χ3n) is 7.39. The number of nitrogens with one attached hydrogen (secondary N) is 2. The molecule has 2 amide bonds. The highest BCUT2D eigenvalue weighted by molar-refractivity contribution is 5.96. The number of halogens is 3. The van der Waals surface area contributed by atoms with Crippen molar-refractivity contribution >= 4 is 17.5 Å². The number of alkyl halides is 3. The highest BCUT2D eigenvalue weighted by atomic mass is 19.4. The molecule has 39 heavy (non-hydrogen) atoms. The van der Waals surface area contributed by atoms with Gasteiger partial charge in [0.25, 0.3) is 5.91 Å². The number of rotatable bonds is 9. The van der Waals surface area contributed by atoms with Gasteiger partial charge in [0, 0.05) is 50.1 Å². The van der Waals surface area contributed by atoms with Gasteiger partial charge < -0.3 is 20.3 Å². The topological polar surface area (TPSA) is 73.9 Å². The molecule has 0 bridgehead atoms. The fourth-order valence-corrected chi connectivity index (χ4v) is 5.35. The van der Waals surface area contributed by atoms with Crippen LogP contribution in [0.4, 0.5) is 18.9 Å². The Morgan fingerprint density at radius 2 is 1.79 bits per heavy atom. The van der Waals surface area contributed by atoms with Gasteiger partial charge in [-0.1, -0.05) is 25.1 Å². The van der Waals surface area contributed by atoms with Gasteiger partial charge in [0.1, 0.15) is 0 Å². The lowest BCUT2D eigenvalue weighted by Crippen LogP contribution is -2.48. The van der Waals surface area contributed by atoms with Gasteiger partial charge in [0.2, 0.25) is 5.91 Å². The summed E-state index contributed by atoms with van der Waals surface area (Å²) >= 11 is 0. The molecule has 4 rings (SSSR count). The number of anilines is 1. The lowest BCUT2D eigenvalue weighted by molar-refractivity contribution is -0.137. The molecule has 2 heterocycles. The fourth-order valence-electron chi connectivity index (χ4n) is 5.35. The van der Waals surface area contributed by atoms with Crippen LogP contribution in [0.5, 0.6) is 0 Å². The van der Waals surface area contributed by atoms with E-state index in [1.165, 1.54) is 23.4 Å². The number of likely N-dealkylation sites (tertiary alicyclic amines) is 1. The molecular formula is C29H37F3N4O3. The van der Waals surface area contributed by atoms with E-state index in [0.29, 0.717) is 19.2 Å². The standard InChI is InChI=1S/C29H37F3N4O3/c1-3-14-39-26-19-36(23-10-12-35(13-11-23)24-9-4-6-20(2)15-24)18-25(26)34-27(37)17-33-28(38)21-7-5-8-22(16-21)29(30,31)32/h4-9,15-16,23,25-26H,3,10-14,17-19H2,1-2H3,(H,33,38)(H,34,37)/t25-,26?/m1/s1. The summed E-state index contributed by atoms with van der Waals surface area (Å²) in [7, 11) is 0. The normalized spacial score (nSPS) is 20.7. The molecular weight excluding hydrogens is 509 g/mol. The third kappa shape index (κ3) is 7.73. The van der Waals surface area contributed by atoms with Gasteiger partial charge in [-0.2, -0.15) is 13.2 Å². The molecule has 0 radical (unpaired) electrons. The maximum atomic E-state index is 13.0. The molecule has 2 atom stereocenters. The smallest absolute Gasteiger partial charge is 0.375 e. The maximum absolute atomic E-state index is 13.0. The second kappa shape index (κ2) is 12.8. The van der Waals surface area contributed by atoms with Gasteiger partial charge in [-0.25, -0.2) is 0 Å². The molecule has 1 unspecified atom stereocenters. The first-order valence-corrected chi connectivity index (χ1v) is 13.6. The molecule has 10 heteroatoms. The van der Waals surface area contributed by atoms with Crippen molar-refractivity contribution in [1.82, 2.24) is 15.5 Å². The van der Waals surface area contributed by atoms with Crippen LogP contribution in [-0.4, -0.2) is 74.2 Å². The summed E-state index contributed by atoms with van der Waals surface area (Å²) in [4.78, 5) is 29.9. The molecule has 2 aliphatic heterocycles. The summed E-state index contributed by atoms with van der Waals surface area (Å²) in [6.45, 7) is 7.68. The van der Waals surface area contributed by atoms with Crippen LogP contribution in [0.2, 0.25) is 0 Å². The van der Waals surface area contributed by atoms with Crippen LogP contribution in [0.15, 0.2) is 48.5 Å². The maximum Gasteiger partial charge on any atom is 0.416 e. The number of benzene rings is 2. The van der Waals surface area contributed by atoms with E-state index in [9.17, 15) is 22.8 Å². The number of amides is 2. The molecule has 2 saturated heterocycles. The van der Waals surface area contributed by atoms with E-state index in [-0.39, 0.29) is 24.3 Å². The number of carbonyl (C=O) groups is 2. The van der Waals surface area contributed by atoms with E-state index < -0.39 is 23.6 Å². The average molecular weight is 547 g/mol. The summed E-state index contributed by atoms with van der Waals surface area (Å²) < 4.78 is 45.0. The summed E-state index contributed by atoms with van der Waals surface area (Å²) in [6.07, 6.45) is -1.82. The molecule has 0 aromatic heterocycles. The van der Waals surface area contributed by atoms with Gasteiger partial charge in [0.05, 0.1) is 24.3 Å². The highest BCUT2D eigenvalue weighted by Gasteiger charge is 2.38. The van der Waals surface area contributed by atoms with Crippen LogP contribution >= 0.6 is 0 Å². The molecule has 0 aliphatic carbocycles. The Bertz CT molecular complexity index is 1130. The first-order chi connectivity index (χ1) is 18.6. The fraction of sp³-hybridized carbons (Fsp3) is 0.517. The number of ether oxygens (including phenoxy) is 1. The molecule has 7 nitrogen and oxygen atoms in total. The predicted octanol–water partition coefficient (Wildman–Crippen LogP) is 4.01. The monoisotopic (exact) mass is 546 g/mol. The van der Waals surface area contributed by atoms with E-state index >= 15 is 0 Å². The van der Waals surface area contributed by atoms with E-state index in [2.05, 4.69) is 51.6 Å². The Hall–Kier alpha value is -3.11. The van der Waals surface area contributed by atoms with Crippen LogP contribution in [0.1, 0.15) is 47.7 Å². The van der Waals surface area contributed by atoms with Crippen LogP contribution in [0.25, 0.3) is 0 Å². The van der Waals surface area contributed by atoms with E-state index in [0.717, 1.165) is 51.0 Å². The summed E-state index contributed by atoms with van der Waals surface area (Å²) in [6, 6.07) is 12.8. The van der Waals surface area contributed by atoms with Gasteiger partial charge in [0.15, 0.2) is 0 Å². The molecule has 0 saturated carbocycles. The van der Waals surface area contributed by atoms with E-state index in [1.807, 2.05) is 6.92 Å². The Balaban J connectivity index is 1.29. The SMILES string of the molecule is CCCOC1CN(C2CCN(c3cccc(C)c3)CC2)C[C@H]1NC(=O)CNC(=O)c1cccc(C(F)(F)F)c1. The quantitative estimate of drug-likeness (QED) is 0.498. The van der Waals surface area contributed by atoms with Crippen LogP contribution in [0.3, 0.4) is 0 Å². The number of piperidine rings is 1. The summed E-state index contributed by atoms with van der Waals surface area (Å²) in [5, 5.41) is 5.41. The third-order valence-corrected chi connectivity index (χ3v) is 7.39. The second-order valence-corrected chi connectivity index (χ2v) is 10.4. The Kier molecular flexibility index (Phi) is 9.50. The molecule has 2 fully saturated rings. The van der Waals surface area contributed by atoms with Crippen LogP contribution in [0, 0.1) is 6.92 Å². The Morgan fingerprint density at radius 3 is 2.49 bits per heavy atom. The molecule has 0 spiro atoms. The number of hydrogen-bond donors (Lipinski definition) is 2. The predicted molar refractivity (Wildman–Crippen MR) is 144 cm³/mol. The van der Waals surface area contributed by atoms with Crippen molar-refractivity contribution in [3.05, 3.63) is 65.2 Å².